The third-order valence-corrected chi connectivity index (χ3v) is 5.94. The highest BCUT2D eigenvalue weighted by Crippen LogP contribution is 2.16. The van der Waals surface area contributed by atoms with Gasteiger partial charge in [-0.25, -0.2) is 9.78 Å². The normalized spacial score (nSPS) is 16.3. The molecule has 156 valence electrons. The van der Waals surface area contributed by atoms with Crippen molar-refractivity contribution in [3.63, 3.8) is 0 Å². The van der Waals surface area contributed by atoms with E-state index in [9.17, 15) is 9.59 Å². The van der Waals surface area contributed by atoms with E-state index < -0.39 is 0 Å². The molecule has 0 spiro atoms. The van der Waals surface area contributed by atoms with Gasteiger partial charge in [0, 0.05) is 46.8 Å². The number of aryl methyl sites for hydroxylation is 2. The summed E-state index contributed by atoms with van der Waals surface area (Å²) in [5.41, 5.74) is 0.494. The SMILES string of the molecule is CCCCCCn1c(CN2CCN(CC)CC2)nc2c1c(=O)n(C)c(=O)n2C. The van der Waals surface area contributed by atoms with Gasteiger partial charge in [0.2, 0.25) is 0 Å². The van der Waals surface area contributed by atoms with Crippen LogP contribution in [0.4, 0.5) is 0 Å². The van der Waals surface area contributed by atoms with Gasteiger partial charge in [0.25, 0.3) is 5.56 Å². The molecule has 0 radical (unpaired) electrons. The second-order valence-corrected chi connectivity index (χ2v) is 7.83. The highest BCUT2D eigenvalue weighted by Gasteiger charge is 2.22. The van der Waals surface area contributed by atoms with E-state index in [1.54, 1.807) is 14.1 Å². The summed E-state index contributed by atoms with van der Waals surface area (Å²) in [4.78, 5) is 34.8. The third kappa shape index (κ3) is 4.07. The highest BCUT2D eigenvalue weighted by atomic mass is 16.2. The molecular formula is C20H34N6O2. The van der Waals surface area contributed by atoms with Gasteiger partial charge in [0.1, 0.15) is 5.82 Å². The molecule has 0 aromatic carbocycles. The predicted octanol–water partition coefficient (Wildman–Crippen LogP) is 1.15. The molecule has 28 heavy (non-hydrogen) atoms. The van der Waals surface area contributed by atoms with E-state index in [2.05, 4.69) is 28.2 Å². The minimum atomic E-state index is -0.323. The lowest BCUT2D eigenvalue weighted by atomic mass is 10.2. The van der Waals surface area contributed by atoms with Gasteiger partial charge in [-0.3, -0.25) is 18.8 Å². The molecule has 3 heterocycles. The van der Waals surface area contributed by atoms with Crippen LogP contribution in [0.1, 0.15) is 45.4 Å². The summed E-state index contributed by atoms with van der Waals surface area (Å²) in [6.07, 6.45) is 4.52. The molecule has 0 N–H and O–H groups in total. The largest absolute Gasteiger partial charge is 0.332 e. The summed E-state index contributed by atoms with van der Waals surface area (Å²) in [6, 6.07) is 0. The van der Waals surface area contributed by atoms with Crippen molar-refractivity contribution in [3.05, 3.63) is 26.7 Å². The first kappa shape index (κ1) is 20.8. The summed E-state index contributed by atoms with van der Waals surface area (Å²) < 4.78 is 4.76. The minimum Gasteiger partial charge on any atom is -0.321 e. The van der Waals surface area contributed by atoms with Gasteiger partial charge in [-0.1, -0.05) is 33.1 Å². The Morgan fingerprint density at radius 2 is 1.57 bits per heavy atom. The zero-order chi connectivity index (χ0) is 20.3. The summed E-state index contributed by atoms with van der Waals surface area (Å²) in [5.74, 6) is 0.898. The molecule has 2 aromatic rings. The van der Waals surface area contributed by atoms with E-state index in [4.69, 9.17) is 4.98 Å². The fraction of sp³-hybridized carbons (Fsp3) is 0.750. The van der Waals surface area contributed by atoms with E-state index in [1.165, 1.54) is 22.0 Å². The lowest BCUT2D eigenvalue weighted by Crippen LogP contribution is -2.45. The van der Waals surface area contributed by atoms with Crippen molar-refractivity contribution in [3.8, 4) is 0 Å². The van der Waals surface area contributed by atoms with Crippen LogP contribution in [0.3, 0.4) is 0 Å². The van der Waals surface area contributed by atoms with Crippen LogP contribution in [-0.4, -0.2) is 61.2 Å². The van der Waals surface area contributed by atoms with Crippen LogP contribution < -0.4 is 11.2 Å². The minimum absolute atomic E-state index is 0.247. The summed E-state index contributed by atoms with van der Waals surface area (Å²) in [6.45, 7) is 11.1. The van der Waals surface area contributed by atoms with Crippen LogP contribution in [-0.2, 0) is 27.2 Å². The number of aromatic nitrogens is 4. The quantitative estimate of drug-likeness (QED) is 0.633. The van der Waals surface area contributed by atoms with Gasteiger partial charge in [0.15, 0.2) is 11.2 Å². The Morgan fingerprint density at radius 3 is 2.21 bits per heavy atom. The van der Waals surface area contributed by atoms with Crippen molar-refractivity contribution in [2.24, 2.45) is 14.1 Å². The maximum Gasteiger partial charge on any atom is 0.332 e. The van der Waals surface area contributed by atoms with Crippen LogP contribution in [0.2, 0.25) is 0 Å². The molecule has 0 bridgehead atoms. The maximum absolute atomic E-state index is 12.9. The van der Waals surface area contributed by atoms with Gasteiger partial charge < -0.3 is 9.47 Å². The van der Waals surface area contributed by atoms with Crippen molar-refractivity contribution in [2.45, 2.75) is 52.6 Å². The molecule has 1 aliphatic rings. The lowest BCUT2D eigenvalue weighted by Gasteiger charge is -2.33. The summed E-state index contributed by atoms with van der Waals surface area (Å²) in [7, 11) is 3.24. The first-order valence-corrected chi connectivity index (χ1v) is 10.6. The van der Waals surface area contributed by atoms with Crippen molar-refractivity contribution in [2.75, 3.05) is 32.7 Å². The fourth-order valence-electron chi connectivity index (χ4n) is 4.01. The Bertz CT molecular complexity index is 917. The third-order valence-electron chi connectivity index (χ3n) is 5.94. The van der Waals surface area contributed by atoms with Crippen LogP contribution in [0.25, 0.3) is 11.2 Å². The Hall–Kier alpha value is -1.93. The van der Waals surface area contributed by atoms with E-state index in [1.807, 2.05) is 0 Å². The lowest BCUT2D eigenvalue weighted by molar-refractivity contribution is 0.128. The maximum atomic E-state index is 12.9. The van der Waals surface area contributed by atoms with Gasteiger partial charge in [-0.15, -0.1) is 0 Å². The number of unbranched alkanes of at least 4 members (excludes halogenated alkanes) is 3. The number of hydrogen-bond acceptors (Lipinski definition) is 5. The average Bonchev–Trinajstić information content (AvgIpc) is 3.07. The molecular weight excluding hydrogens is 356 g/mol. The number of likely N-dealkylation sites (N-methyl/N-ethyl adjacent to an activating group) is 1. The van der Waals surface area contributed by atoms with E-state index in [0.29, 0.717) is 11.2 Å². The molecule has 3 rings (SSSR count). The first-order valence-electron chi connectivity index (χ1n) is 10.6. The molecule has 1 fully saturated rings. The highest BCUT2D eigenvalue weighted by molar-refractivity contribution is 5.71. The molecule has 0 atom stereocenters. The Morgan fingerprint density at radius 1 is 0.893 bits per heavy atom. The standard InChI is InChI=1S/C20H34N6O2/c1-5-7-8-9-10-26-16(15-25-13-11-24(6-2)12-14-25)21-18-17(26)19(27)23(4)20(28)22(18)3/h5-15H2,1-4H3. The first-order chi connectivity index (χ1) is 13.5. The molecule has 8 heteroatoms. The van der Waals surface area contributed by atoms with Gasteiger partial charge in [-0.05, 0) is 13.0 Å². The Labute approximate surface area is 166 Å². The molecule has 0 aliphatic carbocycles. The molecule has 1 saturated heterocycles. The van der Waals surface area contributed by atoms with Gasteiger partial charge in [0.05, 0.1) is 6.54 Å². The number of hydrogen-bond donors (Lipinski definition) is 0. The molecule has 0 saturated carbocycles. The second-order valence-electron chi connectivity index (χ2n) is 7.83. The number of piperazine rings is 1. The predicted molar refractivity (Wildman–Crippen MR) is 112 cm³/mol. The monoisotopic (exact) mass is 390 g/mol. The Balaban J connectivity index is 1.95. The zero-order valence-corrected chi connectivity index (χ0v) is 17.8. The van der Waals surface area contributed by atoms with Crippen LogP contribution in [0.15, 0.2) is 9.59 Å². The van der Waals surface area contributed by atoms with Crippen LogP contribution in [0, 0.1) is 0 Å². The summed E-state index contributed by atoms with van der Waals surface area (Å²) >= 11 is 0. The van der Waals surface area contributed by atoms with Gasteiger partial charge in [-0.2, -0.15) is 0 Å². The van der Waals surface area contributed by atoms with Crippen LogP contribution in [0.5, 0.6) is 0 Å². The molecule has 8 nitrogen and oxygen atoms in total. The fourth-order valence-corrected chi connectivity index (χ4v) is 4.01. The van der Waals surface area contributed by atoms with E-state index in [-0.39, 0.29) is 11.2 Å². The van der Waals surface area contributed by atoms with Crippen molar-refractivity contribution < 1.29 is 0 Å². The molecule has 0 unspecified atom stereocenters. The number of rotatable bonds is 8. The molecule has 0 amide bonds. The van der Waals surface area contributed by atoms with Crippen molar-refractivity contribution in [1.29, 1.82) is 0 Å². The smallest absolute Gasteiger partial charge is 0.321 e. The van der Waals surface area contributed by atoms with Crippen molar-refractivity contribution >= 4 is 11.2 Å². The molecule has 2 aromatic heterocycles. The van der Waals surface area contributed by atoms with E-state index in [0.717, 1.165) is 64.5 Å². The van der Waals surface area contributed by atoms with E-state index >= 15 is 0 Å². The van der Waals surface area contributed by atoms with Gasteiger partial charge >= 0.3 is 5.69 Å². The van der Waals surface area contributed by atoms with Crippen LogP contribution >= 0.6 is 0 Å². The Kier molecular flexibility index (Phi) is 6.72. The zero-order valence-electron chi connectivity index (χ0n) is 17.8. The topological polar surface area (TPSA) is 68.3 Å². The summed E-state index contributed by atoms with van der Waals surface area (Å²) in [5, 5.41) is 0. The van der Waals surface area contributed by atoms with Crippen molar-refractivity contribution in [1.82, 2.24) is 28.5 Å². The molecule has 1 aliphatic heterocycles. The average molecular weight is 391 g/mol. The second kappa shape index (κ2) is 9.05. The number of imidazole rings is 1. The number of fused-ring (bicyclic) bond motifs is 1. The number of nitrogens with zero attached hydrogens (tertiary/aromatic N) is 6.